The Bertz CT molecular complexity index is 463. The van der Waals surface area contributed by atoms with Crippen LogP contribution in [0, 0.1) is 5.92 Å². The van der Waals surface area contributed by atoms with Gasteiger partial charge in [0.15, 0.2) is 6.61 Å². The number of likely N-dealkylation sites (tertiary alicyclic amines) is 1. The van der Waals surface area contributed by atoms with Crippen molar-refractivity contribution >= 4 is 12.1 Å². The van der Waals surface area contributed by atoms with Crippen molar-refractivity contribution in [1.82, 2.24) is 4.90 Å². The Balaban J connectivity index is 1.81. The molecule has 0 aromatic heterocycles. The van der Waals surface area contributed by atoms with Gasteiger partial charge < -0.3 is 14.8 Å². The minimum Gasteiger partial charge on any atom is -0.484 e. The van der Waals surface area contributed by atoms with Crippen LogP contribution in [-0.4, -0.2) is 41.9 Å². The van der Waals surface area contributed by atoms with Crippen LogP contribution < -0.4 is 4.74 Å². The highest BCUT2D eigenvalue weighted by Crippen LogP contribution is 2.16. The molecule has 20 heavy (non-hydrogen) atoms. The number of nitrogens with zero attached hydrogens (tertiary/aromatic N) is 2. The molecule has 5 heteroatoms. The molecule has 0 saturated carbocycles. The molecule has 0 bridgehead atoms. The molecule has 1 aromatic carbocycles. The van der Waals surface area contributed by atoms with Crippen LogP contribution in [0.1, 0.15) is 25.3 Å². The van der Waals surface area contributed by atoms with Crippen LogP contribution in [0.2, 0.25) is 0 Å². The van der Waals surface area contributed by atoms with Crippen molar-refractivity contribution in [2.75, 3.05) is 19.7 Å². The topological polar surface area (TPSA) is 62.1 Å². The van der Waals surface area contributed by atoms with Gasteiger partial charge in [-0.05, 0) is 48.6 Å². The number of benzene rings is 1. The van der Waals surface area contributed by atoms with Gasteiger partial charge in [0.1, 0.15) is 5.75 Å². The summed E-state index contributed by atoms with van der Waals surface area (Å²) in [5.74, 6) is 1.39. The number of amides is 1. The lowest BCUT2D eigenvalue weighted by molar-refractivity contribution is -0.134. The first-order chi connectivity index (χ1) is 9.69. The first-order valence-corrected chi connectivity index (χ1v) is 6.87. The van der Waals surface area contributed by atoms with E-state index < -0.39 is 0 Å². The Morgan fingerprint density at radius 3 is 2.65 bits per heavy atom. The van der Waals surface area contributed by atoms with Gasteiger partial charge in [0.25, 0.3) is 5.91 Å². The van der Waals surface area contributed by atoms with Crippen LogP contribution in [0.5, 0.6) is 5.75 Å². The standard InChI is InChI=1S/C15H20N2O3/c1-12-6-8-17(9-7-12)15(18)11-20-14-4-2-13(3-5-14)10-16-19/h2-5,10,12,19H,6-9,11H2,1H3/b16-10+. The monoisotopic (exact) mass is 276 g/mol. The highest BCUT2D eigenvalue weighted by Gasteiger charge is 2.20. The fourth-order valence-electron chi connectivity index (χ4n) is 2.21. The van der Waals surface area contributed by atoms with Gasteiger partial charge in [-0.15, -0.1) is 0 Å². The lowest BCUT2D eigenvalue weighted by Gasteiger charge is -2.30. The lowest BCUT2D eigenvalue weighted by Crippen LogP contribution is -2.40. The van der Waals surface area contributed by atoms with Crippen LogP contribution in [0.3, 0.4) is 0 Å². The molecule has 1 N–H and O–H groups in total. The summed E-state index contributed by atoms with van der Waals surface area (Å²) >= 11 is 0. The Labute approximate surface area is 118 Å². The lowest BCUT2D eigenvalue weighted by atomic mass is 9.99. The molecule has 0 unspecified atom stereocenters. The highest BCUT2D eigenvalue weighted by atomic mass is 16.5. The van der Waals surface area contributed by atoms with E-state index in [-0.39, 0.29) is 12.5 Å². The van der Waals surface area contributed by atoms with Crippen LogP contribution in [0.15, 0.2) is 29.4 Å². The van der Waals surface area contributed by atoms with E-state index in [1.165, 1.54) is 6.21 Å². The quantitative estimate of drug-likeness (QED) is 0.520. The van der Waals surface area contributed by atoms with Crippen molar-refractivity contribution in [2.45, 2.75) is 19.8 Å². The largest absolute Gasteiger partial charge is 0.484 e. The zero-order chi connectivity index (χ0) is 14.4. The Kier molecular flexibility index (Phi) is 4.98. The summed E-state index contributed by atoms with van der Waals surface area (Å²) < 4.78 is 5.48. The second-order valence-corrected chi connectivity index (χ2v) is 5.17. The number of oxime groups is 1. The first kappa shape index (κ1) is 14.4. The van der Waals surface area contributed by atoms with Gasteiger partial charge in [-0.1, -0.05) is 12.1 Å². The number of hydrogen-bond donors (Lipinski definition) is 1. The number of ether oxygens (including phenoxy) is 1. The van der Waals surface area contributed by atoms with E-state index in [9.17, 15) is 4.79 Å². The van der Waals surface area contributed by atoms with E-state index in [2.05, 4.69) is 12.1 Å². The van der Waals surface area contributed by atoms with Gasteiger partial charge >= 0.3 is 0 Å². The number of hydrogen-bond acceptors (Lipinski definition) is 4. The summed E-state index contributed by atoms with van der Waals surface area (Å²) in [6.07, 6.45) is 3.48. The summed E-state index contributed by atoms with van der Waals surface area (Å²) in [5.41, 5.74) is 0.774. The maximum absolute atomic E-state index is 12.0. The summed E-state index contributed by atoms with van der Waals surface area (Å²) in [4.78, 5) is 13.9. The summed E-state index contributed by atoms with van der Waals surface area (Å²) in [6, 6.07) is 7.04. The number of rotatable bonds is 4. The fraction of sp³-hybridized carbons (Fsp3) is 0.467. The number of piperidine rings is 1. The van der Waals surface area contributed by atoms with E-state index in [1.807, 2.05) is 4.90 Å². The third-order valence-corrected chi connectivity index (χ3v) is 3.59. The number of carbonyl (C=O) groups excluding carboxylic acids is 1. The molecule has 1 heterocycles. The molecular formula is C15H20N2O3. The normalized spacial score (nSPS) is 16.6. The number of carbonyl (C=O) groups is 1. The SMILES string of the molecule is CC1CCN(C(=O)COc2ccc(/C=N/O)cc2)CC1. The molecule has 0 radical (unpaired) electrons. The molecule has 0 aliphatic carbocycles. The Morgan fingerprint density at radius 1 is 1.40 bits per heavy atom. The third-order valence-electron chi connectivity index (χ3n) is 3.59. The molecule has 1 fully saturated rings. The van der Waals surface area contributed by atoms with Gasteiger partial charge in [0, 0.05) is 13.1 Å². The summed E-state index contributed by atoms with van der Waals surface area (Å²) in [7, 11) is 0. The molecular weight excluding hydrogens is 256 g/mol. The predicted octanol–water partition coefficient (Wildman–Crippen LogP) is 2.13. The van der Waals surface area contributed by atoms with E-state index in [0.29, 0.717) is 11.7 Å². The van der Waals surface area contributed by atoms with Crippen molar-refractivity contribution in [3.05, 3.63) is 29.8 Å². The molecule has 1 saturated heterocycles. The van der Waals surface area contributed by atoms with Crippen LogP contribution in [0.4, 0.5) is 0 Å². The smallest absolute Gasteiger partial charge is 0.260 e. The van der Waals surface area contributed by atoms with Crippen molar-refractivity contribution in [3.8, 4) is 5.75 Å². The zero-order valence-corrected chi connectivity index (χ0v) is 11.7. The third kappa shape index (κ3) is 3.98. The van der Waals surface area contributed by atoms with Gasteiger partial charge in [0.2, 0.25) is 0 Å². The fourth-order valence-corrected chi connectivity index (χ4v) is 2.21. The summed E-state index contributed by atoms with van der Waals surface area (Å²) in [6.45, 7) is 3.95. The van der Waals surface area contributed by atoms with Crippen molar-refractivity contribution in [3.63, 3.8) is 0 Å². The molecule has 1 aliphatic rings. The van der Waals surface area contributed by atoms with Crippen LogP contribution in [-0.2, 0) is 4.79 Å². The van der Waals surface area contributed by atoms with Crippen molar-refractivity contribution < 1.29 is 14.7 Å². The Hall–Kier alpha value is -2.04. The molecule has 1 aromatic rings. The minimum atomic E-state index is 0.0397. The van der Waals surface area contributed by atoms with E-state index in [1.54, 1.807) is 24.3 Å². The average molecular weight is 276 g/mol. The van der Waals surface area contributed by atoms with Crippen molar-refractivity contribution in [2.24, 2.45) is 11.1 Å². The van der Waals surface area contributed by atoms with Crippen LogP contribution >= 0.6 is 0 Å². The van der Waals surface area contributed by atoms with Crippen molar-refractivity contribution in [1.29, 1.82) is 0 Å². The molecule has 5 nitrogen and oxygen atoms in total. The second kappa shape index (κ2) is 6.93. The minimum absolute atomic E-state index is 0.0397. The molecule has 108 valence electrons. The Morgan fingerprint density at radius 2 is 2.05 bits per heavy atom. The second-order valence-electron chi connectivity index (χ2n) is 5.17. The highest BCUT2D eigenvalue weighted by molar-refractivity contribution is 5.79. The summed E-state index contributed by atoms with van der Waals surface area (Å²) in [5, 5.41) is 11.4. The molecule has 2 rings (SSSR count). The van der Waals surface area contributed by atoms with Crippen LogP contribution in [0.25, 0.3) is 0 Å². The molecule has 1 amide bonds. The predicted molar refractivity (Wildman–Crippen MR) is 76.3 cm³/mol. The van der Waals surface area contributed by atoms with Gasteiger partial charge in [-0.3, -0.25) is 4.79 Å². The molecule has 0 spiro atoms. The van der Waals surface area contributed by atoms with Gasteiger partial charge in [0.05, 0.1) is 6.21 Å². The average Bonchev–Trinajstić information content (AvgIpc) is 2.47. The molecule has 0 atom stereocenters. The van der Waals surface area contributed by atoms with Gasteiger partial charge in [-0.25, -0.2) is 0 Å². The molecule has 1 aliphatic heterocycles. The first-order valence-electron chi connectivity index (χ1n) is 6.87. The van der Waals surface area contributed by atoms with E-state index in [0.717, 1.165) is 31.5 Å². The maximum Gasteiger partial charge on any atom is 0.260 e. The zero-order valence-electron chi connectivity index (χ0n) is 11.7. The van der Waals surface area contributed by atoms with E-state index >= 15 is 0 Å². The van der Waals surface area contributed by atoms with E-state index in [4.69, 9.17) is 9.94 Å². The maximum atomic E-state index is 12.0. The van der Waals surface area contributed by atoms with Gasteiger partial charge in [-0.2, -0.15) is 0 Å².